The van der Waals surface area contributed by atoms with Crippen LogP contribution in [0.5, 0.6) is 0 Å². The molecule has 1 saturated heterocycles. The number of imidazole rings is 1. The van der Waals surface area contributed by atoms with Crippen LogP contribution in [0.15, 0.2) is 24.4 Å². The van der Waals surface area contributed by atoms with Crippen molar-refractivity contribution in [3.8, 4) is 11.4 Å². The number of likely N-dealkylation sites (tertiary alicyclic amines) is 1. The number of benzene rings is 1. The summed E-state index contributed by atoms with van der Waals surface area (Å²) in [7, 11) is 0. The molecule has 1 atom stereocenters. The largest absolute Gasteiger partial charge is 0.327 e. The van der Waals surface area contributed by atoms with Gasteiger partial charge in [0, 0.05) is 24.7 Å². The van der Waals surface area contributed by atoms with Crippen LogP contribution >= 0.6 is 0 Å². The van der Waals surface area contributed by atoms with Gasteiger partial charge in [0.1, 0.15) is 5.82 Å². The summed E-state index contributed by atoms with van der Waals surface area (Å²) in [5.41, 5.74) is 5.72. The Morgan fingerprint density at radius 3 is 2.31 bits per heavy atom. The first kappa shape index (κ1) is 23.5. The summed E-state index contributed by atoms with van der Waals surface area (Å²) >= 11 is 0. The molecule has 0 bridgehead atoms. The SMILES string of the molecule is CCCCn1c(CN2CCCCC2C2CCCCC2)cnc1-c1c(CC)cccc1CC. The highest BCUT2D eigenvalue weighted by molar-refractivity contribution is 5.66. The van der Waals surface area contributed by atoms with Gasteiger partial charge < -0.3 is 4.57 Å². The van der Waals surface area contributed by atoms with Gasteiger partial charge in [0.15, 0.2) is 0 Å². The Kier molecular flexibility index (Phi) is 8.46. The summed E-state index contributed by atoms with van der Waals surface area (Å²) in [6.45, 7) is 10.3. The molecular weight excluding hydrogens is 390 g/mol. The van der Waals surface area contributed by atoms with Crippen molar-refractivity contribution >= 4 is 0 Å². The lowest BCUT2D eigenvalue weighted by molar-refractivity contribution is 0.0727. The van der Waals surface area contributed by atoms with E-state index in [9.17, 15) is 0 Å². The van der Waals surface area contributed by atoms with Crippen LogP contribution in [-0.4, -0.2) is 27.0 Å². The minimum Gasteiger partial charge on any atom is -0.327 e. The minimum absolute atomic E-state index is 0.788. The Labute approximate surface area is 196 Å². The fourth-order valence-corrected chi connectivity index (χ4v) is 6.31. The van der Waals surface area contributed by atoms with E-state index in [0.29, 0.717) is 0 Å². The smallest absolute Gasteiger partial charge is 0.140 e. The first-order chi connectivity index (χ1) is 15.8. The molecule has 0 radical (unpaired) electrons. The predicted octanol–water partition coefficient (Wildman–Crippen LogP) is 7.41. The van der Waals surface area contributed by atoms with Gasteiger partial charge >= 0.3 is 0 Å². The number of hydrogen-bond acceptors (Lipinski definition) is 2. The van der Waals surface area contributed by atoms with Crippen LogP contribution in [0.25, 0.3) is 11.4 Å². The molecule has 176 valence electrons. The van der Waals surface area contributed by atoms with E-state index in [4.69, 9.17) is 4.98 Å². The lowest BCUT2D eigenvalue weighted by Crippen LogP contribution is -2.44. The van der Waals surface area contributed by atoms with Gasteiger partial charge in [-0.05, 0) is 68.5 Å². The van der Waals surface area contributed by atoms with E-state index < -0.39 is 0 Å². The summed E-state index contributed by atoms with van der Waals surface area (Å²) in [6, 6.07) is 7.62. The van der Waals surface area contributed by atoms with Gasteiger partial charge in [0.2, 0.25) is 0 Å². The molecule has 1 aromatic heterocycles. The number of rotatable bonds is 9. The zero-order valence-electron chi connectivity index (χ0n) is 20.9. The Balaban J connectivity index is 1.65. The summed E-state index contributed by atoms with van der Waals surface area (Å²) < 4.78 is 2.59. The molecule has 1 saturated carbocycles. The fourth-order valence-electron chi connectivity index (χ4n) is 6.31. The number of unbranched alkanes of at least 4 members (excludes halogenated alkanes) is 1. The molecule has 1 aromatic carbocycles. The highest BCUT2D eigenvalue weighted by Crippen LogP contribution is 2.35. The highest BCUT2D eigenvalue weighted by atomic mass is 15.2. The molecule has 0 amide bonds. The molecule has 2 aliphatic rings. The van der Waals surface area contributed by atoms with E-state index in [2.05, 4.69) is 54.6 Å². The second-order valence-corrected chi connectivity index (χ2v) is 10.2. The van der Waals surface area contributed by atoms with Crippen molar-refractivity contribution in [2.45, 2.75) is 117 Å². The van der Waals surface area contributed by atoms with E-state index in [1.54, 1.807) is 0 Å². The monoisotopic (exact) mass is 435 g/mol. The third-order valence-corrected chi connectivity index (χ3v) is 8.12. The van der Waals surface area contributed by atoms with Crippen LogP contribution in [0.2, 0.25) is 0 Å². The number of aryl methyl sites for hydroxylation is 2. The molecule has 32 heavy (non-hydrogen) atoms. The minimum atomic E-state index is 0.788. The Morgan fingerprint density at radius 2 is 1.62 bits per heavy atom. The number of piperidine rings is 1. The maximum atomic E-state index is 5.10. The normalized spacial score (nSPS) is 20.7. The number of nitrogens with zero attached hydrogens (tertiary/aromatic N) is 3. The molecule has 4 rings (SSSR count). The standard InChI is InChI=1S/C29H45N3/c1-4-7-20-32-26(21-30-29(32)28-23(5-2)16-13-17-24(28)6-3)22-31-19-12-11-18-27(31)25-14-9-8-10-15-25/h13,16-17,21,25,27H,4-12,14-15,18-20,22H2,1-3H3. The topological polar surface area (TPSA) is 21.1 Å². The van der Waals surface area contributed by atoms with E-state index in [1.807, 2.05) is 0 Å². The van der Waals surface area contributed by atoms with E-state index in [-0.39, 0.29) is 0 Å². The van der Waals surface area contributed by atoms with Gasteiger partial charge in [0.05, 0.1) is 11.9 Å². The van der Waals surface area contributed by atoms with Gasteiger partial charge in [-0.3, -0.25) is 4.90 Å². The van der Waals surface area contributed by atoms with Gasteiger partial charge in [-0.1, -0.05) is 71.1 Å². The molecule has 3 nitrogen and oxygen atoms in total. The molecule has 3 heteroatoms. The maximum Gasteiger partial charge on any atom is 0.140 e. The van der Waals surface area contributed by atoms with Crippen molar-refractivity contribution in [1.29, 1.82) is 0 Å². The number of hydrogen-bond donors (Lipinski definition) is 0. The molecule has 1 aliphatic carbocycles. The lowest BCUT2D eigenvalue weighted by atomic mass is 9.80. The van der Waals surface area contributed by atoms with Crippen LogP contribution in [0, 0.1) is 5.92 Å². The van der Waals surface area contributed by atoms with Crippen LogP contribution < -0.4 is 0 Å². The molecular formula is C29H45N3. The van der Waals surface area contributed by atoms with Crippen molar-refractivity contribution < 1.29 is 0 Å². The van der Waals surface area contributed by atoms with Gasteiger partial charge in [-0.15, -0.1) is 0 Å². The molecule has 0 N–H and O–H groups in total. The quantitative estimate of drug-likeness (QED) is 0.409. The molecule has 2 fully saturated rings. The average molecular weight is 436 g/mol. The molecule has 0 spiro atoms. The Morgan fingerprint density at radius 1 is 0.906 bits per heavy atom. The van der Waals surface area contributed by atoms with Gasteiger partial charge in [-0.2, -0.15) is 0 Å². The summed E-state index contributed by atoms with van der Waals surface area (Å²) in [6.07, 6.45) is 18.2. The Hall–Kier alpha value is -1.61. The first-order valence-corrected chi connectivity index (χ1v) is 13.7. The third-order valence-electron chi connectivity index (χ3n) is 8.12. The average Bonchev–Trinajstić information content (AvgIpc) is 3.24. The first-order valence-electron chi connectivity index (χ1n) is 13.7. The van der Waals surface area contributed by atoms with Crippen LogP contribution in [0.3, 0.4) is 0 Å². The second kappa shape index (κ2) is 11.5. The second-order valence-electron chi connectivity index (χ2n) is 10.2. The van der Waals surface area contributed by atoms with E-state index in [0.717, 1.165) is 37.9 Å². The number of aromatic nitrogens is 2. The predicted molar refractivity (Wildman–Crippen MR) is 136 cm³/mol. The van der Waals surface area contributed by atoms with Gasteiger partial charge in [0.25, 0.3) is 0 Å². The van der Waals surface area contributed by atoms with Gasteiger partial charge in [-0.25, -0.2) is 4.98 Å². The van der Waals surface area contributed by atoms with Crippen molar-refractivity contribution in [1.82, 2.24) is 14.5 Å². The van der Waals surface area contributed by atoms with E-state index >= 15 is 0 Å². The third kappa shape index (κ3) is 5.14. The van der Waals surface area contributed by atoms with E-state index in [1.165, 1.54) is 99.0 Å². The molecule has 1 aliphatic heterocycles. The lowest BCUT2D eigenvalue weighted by Gasteiger charge is -2.42. The van der Waals surface area contributed by atoms with Crippen LogP contribution in [0.1, 0.15) is 102 Å². The molecule has 1 unspecified atom stereocenters. The van der Waals surface area contributed by atoms with Crippen molar-refractivity contribution in [3.05, 3.63) is 41.2 Å². The fraction of sp³-hybridized carbons (Fsp3) is 0.690. The van der Waals surface area contributed by atoms with Crippen molar-refractivity contribution in [2.24, 2.45) is 5.92 Å². The summed E-state index contributed by atoms with van der Waals surface area (Å²) in [4.78, 5) is 7.94. The zero-order chi connectivity index (χ0) is 22.3. The Bertz CT molecular complexity index is 824. The molecule has 2 heterocycles. The summed E-state index contributed by atoms with van der Waals surface area (Å²) in [5.74, 6) is 2.14. The van der Waals surface area contributed by atoms with Crippen molar-refractivity contribution in [2.75, 3.05) is 6.54 Å². The van der Waals surface area contributed by atoms with Crippen LogP contribution in [-0.2, 0) is 25.9 Å². The molecule has 2 aromatic rings. The maximum absolute atomic E-state index is 5.10. The van der Waals surface area contributed by atoms with Crippen LogP contribution in [0.4, 0.5) is 0 Å². The highest BCUT2D eigenvalue weighted by Gasteiger charge is 2.31. The zero-order valence-corrected chi connectivity index (χ0v) is 20.9. The van der Waals surface area contributed by atoms with Crippen molar-refractivity contribution in [3.63, 3.8) is 0 Å². The summed E-state index contributed by atoms with van der Waals surface area (Å²) in [5, 5.41) is 0.